The highest BCUT2D eigenvalue weighted by molar-refractivity contribution is 9.10. The van der Waals surface area contributed by atoms with Crippen LogP contribution in [0.5, 0.6) is 0 Å². The van der Waals surface area contributed by atoms with Crippen molar-refractivity contribution in [2.45, 2.75) is 62.4 Å². The van der Waals surface area contributed by atoms with E-state index in [1.165, 1.54) is 24.8 Å². The molecule has 1 aliphatic carbocycles. The summed E-state index contributed by atoms with van der Waals surface area (Å²) in [7, 11) is 0. The van der Waals surface area contributed by atoms with E-state index in [0.717, 1.165) is 43.2 Å². The van der Waals surface area contributed by atoms with Gasteiger partial charge in [-0.3, -0.25) is 4.79 Å². The maximum absolute atomic E-state index is 13.7. The molecule has 1 amide bonds. The molecule has 1 N–H and O–H groups in total. The summed E-state index contributed by atoms with van der Waals surface area (Å²) in [4.78, 5) is 16.0. The molecule has 4 heteroatoms. The summed E-state index contributed by atoms with van der Waals surface area (Å²) < 4.78 is 1.08. The van der Waals surface area contributed by atoms with Crippen molar-refractivity contribution in [2.24, 2.45) is 0 Å². The first-order chi connectivity index (χ1) is 11.2. The van der Waals surface area contributed by atoms with Crippen LogP contribution in [0.4, 0.5) is 0 Å². The van der Waals surface area contributed by atoms with E-state index >= 15 is 0 Å². The molecular formula is C19H25BrN2O. The molecule has 0 aromatic heterocycles. The zero-order chi connectivity index (χ0) is 15.9. The standard InChI is InChI=1S/C19H25BrN2O/c20-15-5-3-4-14(12-15)19(9-1-2-10-19)18(23)22-16-6-7-17(22)13-21-11-8-16/h3-5,12,16-17,21H,1-2,6-11,13H2. The Morgan fingerprint density at radius 2 is 1.96 bits per heavy atom. The van der Waals surface area contributed by atoms with Crippen LogP contribution in [-0.2, 0) is 10.2 Å². The number of carbonyl (C=O) groups is 1. The molecule has 1 saturated carbocycles. The van der Waals surface area contributed by atoms with Crippen molar-refractivity contribution in [1.29, 1.82) is 0 Å². The minimum absolute atomic E-state index is 0.283. The van der Waals surface area contributed by atoms with E-state index in [2.05, 4.69) is 50.4 Å². The lowest BCUT2D eigenvalue weighted by Gasteiger charge is -2.38. The zero-order valence-electron chi connectivity index (χ0n) is 13.6. The molecule has 124 valence electrons. The van der Waals surface area contributed by atoms with Gasteiger partial charge in [0.25, 0.3) is 0 Å². The van der Waals surface area contributed by atoms with Crippen molar-refractivity contribution in [3.8, 4) is 0 Å². The Labute approximate surface area is 146 Å². The first kappa shape index (κ1) is 15.6. The third kappa shape index (κ3) is 2.64. The van der Waals surface area contributed by atoms with Crippen LogP contribution < -0.4 is 5.32 Å². The van der Waals surface area contributed by atoms with Crippen LogP contribution in [0.25, 0.3) is 0 Å². The molecule has 3 aliphatic rings. The first-order valence-electron chi connectivity index (χ1n) is 9.00. The number of hydrogen-bond donors (Lipinski definition) is 1. The maximum Gasteiger partial charge on any atom is 0.233 e. The van der Waals surface area contributed by atoms with Crippen molar-refractivity contribution in [3.63, 3.8) is 0 Å². The number of nitrogens with one attached hydrogen (secondary N) is 1. The Hall–Kier alpha value is -0.870. The van der Waals surface area contributed by atoms with E-state index in [1.54, 1.807) is 0 Å². The molecule has 0 spiro atoms. The molecule has 0 radical (unpaired) electrons. The highest BCUT2D eigenvalue weighted by atomic mass is 79.9. The minimum Gasteiger partial charge on any atom is -0.335 e. The molecule has 2 heterocycles. The number of fused-ring (bicyclic) bond motifs is 2. The summed E-state index contributed by atoms with van der Waals surface area (Å²) in [5.74, 6) is 0.407. The Kier molecular flexibility index (Phi) is 4.22. The van der Waals surface area contributed by atoms with Crippen molar-refractivity contribution in [1.82, 2.24) is 10.2 Å². The largest absolute Gasteiger partial charge is 0.335 e. The smallest absolute Gasteiger partial charge is 0.233 e. The van der Waals surface area contributed by atoms with Crippen LogP contribution in [-0.4, -0.2) is 36.0 Å². The van der Waals surface area contributed by atoms with Gasteiger partial charge in [-0.05, 0) is 56.3 Å². The third-order valence-electron chi connectivity index (χ3n) is 6.13. The van der Waals surface area contributed by atoms with Crippen LogP contribution in [0.1, 0.15) is 50.5 Å². The summed E-state index contributed by atoms with van der Waals surface area (Å²) in [5.41, 5.74) is 0.931. The summed E-state index contributed by atoms with van der Waals surface area (Å²) in [5, 5.41) is 3.51. The normalized spacial score (nSPS) is 29.5. The van der Waals surface area contributed by atoms with E-state index in [4.69, 9.17) is 0 Å². The Balaban J connectivity index is 1.71. The monoisotopic (exact) mass is 376 g/mol. The fraction of sp³-hybridized carbons (Fsp3) is 0.632. The molecule has 2 atom stereocenters. The molecule has 3 fully saturated rings. The second kappa shape index (κ2) is 6.21. The highest BCUT2D eigenvalue weighted by Gasteiger charge is 2.49. The SMILES string of the molecule is O=C(N1C2CCNCC1CC2)C1(c2cccc(Br)c2)CCCC1. The quantitative estimate of drug-likeness (QED) is 0.854. The average Bonchev–Trinajstić information content (AvgIpc) is 3.11. The first-order valence-corrected chi connectivity index (χ1v) is 9.79. The average molecular weight is 377 g/mol. The summed E-state index contributed by atoms with van der Waals surface area (Å²) in [6.45, 7) is 2.02. The van der Waals surface area contributed by atoms with Gasteiger partial charge in [0, 0.05) is 23.1 Å². The summed E-state index contributed by atoms with van der Waals surface area (Å²) in [6.07, 6.45) is 7.80. The number of benzene rings is 1. The molecule has 1 aromatic rings. The summed E-state index contributed by atoms with van der Waals surface area (Å²) >= 11 is 3.59. The van der Waals surface area contributed by atoms with Crippen molar-refractivity contribution < 1.29 is 4.79 Å². The zero-order valence-corrected chi connectivity index (χ0v) is 15.1. The number of nitrogens with zero attached hydrogens (tertiary/aromatic N) is 1. The van der Waals surface area contributed by atoms with Crippen LogP contribution in [0.2, 0.25) is 0 Å². The molecule has 2 saturated heterocycles. The lowest BCUT2D eigenvalue weighted by Crippen LogP contribution is -2.51. The Bertz CT molecular complexity index is 583. The van der Waals surface area contributed by atoms with E-state index in [9.17, 15) is 4.79 Å². The topological polar surface area (TPSA) is 32.3 Å². The van der Waals surface area contributed by atoms with Gasteiger partial charge in [0.05, 0.1) is 5.41 Å². The third-order valence-corrected chi connectivity index (χ3v) is 6.63. The lowest BCUT2D eigenvalue weighted by atomic mass is 9.77. The van der Waals surface area contributed by atoms with Gasteiger partial charge in [0.2, 0.25) is 5.91 Å². The van der Waals surface area contributed by atoms with Crippen LogP contribution in [0.3, 0.4) is 0 Å². The molecule has 2 aliphatic heterocycles. The fourth-order valence-electron chi connectivity index (χ4n) is 4.95. The van der Waals surface area contributed by atoms with E-state index in [-0.39, 0.29) is 5.41 Å². The van der Waals surface area contributed by atoms with E-state index < -0.39 is 0 Å². The molecule has 23 heavy (non-hydrogen) atoms. The Morgan fingerprint density at radius 3 is 2.74 bits per heavy atom. The second-order valence-electron chi connectivity index (χ2n) is 7.39. The summed E-state index contributed by atoms with van der Waals surface area (Å²) in [6, 6.07) is 9.31. The van der Waals surface area contributed by atoms with Crippen LogP contribution >= 0.6 is 15.9 Å². The minimum atomic E-state index is -0.283. The van der Waals surface area contributed by atoms with Gasteiger partial charge in [0.1, 0.15) is 0 Å². The van der Waals surface area contributed by atoms with Gasteiger partial charge >= 0.3 is 0 Å². The van der Waals surface area contributed by atoms with Crippen molar-refractivity contribution in [2.75, 3.05) is 13.1 Å². The molecule has 2 bridgehead atoms. The maximum atomic E-state index is 13.7. The van der Waals surface area contributed by atoms with Gasteiger partial charge in [-0.2, -0.15) is 0 Å². The number of carbonyl (C=O) groups excluding carboxylic acids is 1. The van der Waals surface area contributed by atoms with E-state index in [0.29, 0.717) is 18.0 Å². The molecule has 3 nitrogen and oxygen atoms in total. The molecule has 4 rings (SSSR count). The van der Waals surface area contributed by atoms with Gasteiger partial charge in [0.15, 0.2) is 0 Å². The molecule has 1 aromatic carbocycles. The highest BCUT2D eigenvalue weighted by Crippen LogP contribution is 2.45. The van der Waals surface area contributed by atoms with Crippen molar-refractivity contribution >= 4 is 21.8 Å². The van der Waals surface area contributed by atoms with Crippen molar-refractivity contribution in [3.05, 3.63) is 34.3 Å². The molecule has 2 unspecified atom stereocenters. The number of hydrogen-bond acceptors (Lipinski definition) is 2. The number of halogens is 1. The van der Waals surface area contributed by atoms with E-state index in [1.807, 2.05) is 0 Å². The lowest BCUT2D eigenvalue weighted by molar-refractivity contribution is -0.140. The second-order valence-corrected chi connectivity index (χ2v) is 8.31. The number of amides is 1. The predicted octanol–water partition coefficient (Wildman–Crippen LogP) is 3.61. The van der Waals surface area contributed by atoms with Gasteiger partial charge in [-0.1, -0.05) is 40.9 Å². The number of rotatable bonds is 2. The Morgan fingerprint density at radius 1 is 1.17 bits per heavy atom. The fourth-order valence-corrected chi connectivity index (χ4v) is 5.35. The van der Waals surface area contributed by atoms with Gasteiger partial charge in [-0.15, -0.1) is 0 Å². The molecular weight excluding hydrogens is 352 g/mol. The predicted molar refractivity (Wildman–Crippen MR) is 95.4 cm³/mol. The van der Waals surface area contributed by atoms with Gasteiger partial charge in [-0.25, -0.2) is 0 Å². The van der Waals surface area contributed by atoms with Gasteiger partial charge < -0.3 is 10.2 Å². The van der Waals surface area contributed by atoms with Crippen LogP contribution in [0.15, 0.2) is 28.7 Å². The van der Waals surface area contributed by atoms with Crippen LogP contribution in [0, 0.1) is 0 Å².